The third-order valence-corrected chi connectivity index (χ3v) is 3.13. The highest BCUT2D eigenvalue weighted by Gasteiger charge is 2.08. The molecule has 0 spiro atoms. The maximum Gasteiger partial charge on any atom is 0.133 e. The molecule has 0 unspecified atom stereocenters. The Hall–Kier alpha value is -1.07. The SMILES string of the molecule is C[C@@H](O)c1ccccc1Oc1ccc(I)cc1. The molecule has 0 aliphatic carbocycles. The molecule has 0 heterocycles. The fraction of sp³-hybridized carbons (Fsp3) is 0.143. The number of hydrogen-bond acceptors (Lipinski definition) is 2. The first kappa shape index (κ1) is 12.4. The van der Waals surface area contributed by atoms with E-state index in [-0.39, 0.29) is 0 Å². The molecule has 0 aliphatic heterocycles. The van der Waals surface area contributed by atoms with Crippen molar-refractivity contribution in [1.29, 1.82) is 0 Å². The number of benzene rings is 2. The number of rotatable bonds is 3. The monoisotopic (exact) mass is 340 g/mol. The molecule has 0 aromatic heterocycles. The van der Waals surface area contributed by atoms with Gasteiger partial charge < -0.3 is 9.84 Å². The van der Waals surface area contributed by atoms with Gasteiger partial charge in [-0.25, -0.2) is 0 Å². The number of aliphatic hydroxyl groups excluding tert-OH is 1. The lowest BCUT2D eigenvalue weighted by molar-refractivity contribution is 0.195. The van der Waals surface area contributed by atoms with Crippen molar-refractivity contribution in [2.45, 2.75) is 13.0 Å². The fourth-order valence-corrected chi connectivity index (χ4v) is 1.91. The van der Waals surface area contributed by atoms with Gasteiger partial charge in [0.05, 0.1) is 6.10 Å². The summed E-state index contributed by atoms with van der Waals surface area (Å²) in [6, 6.07) is 15.3. The van der Waals surface area contributed by atoms with E-state index in [1.54, 1.807) is 6.92 Å². The van der Waals surface area contributed by atoms with Crippen molar-refractivity contribution < 1.29 is 9.84 Å². The Bertz CT molecular complexity index is 492. The summed E-state index contributed by atoms with van der Waals surface area (Å²) in [4.78, 5) is 0. The molecule has 2 aromatic rings. The van der Waals surface area contributed by atoms with E-state index >= 15 is 0 Å². The summed E-state index contributed by atoms with van der Waals surface area (Å²) in [6.45, 7) is 1.73. The summed E-state index contributed by atoms with van der Waals surface area (Å²) < 4.78 is 6.93. The zero-order valence-corrected chi connectivity index (χ0v) is 11.6. The van der Waals surface area contributed by atoms with Gasteiger partial charge in [0.25, 0.3) is 0 Å². The maximum absolute atomic E-state index is 9.65. The Labute approximate surface area is 114 Å². The fourth-order valence-electron chi connectivity index (χ4n) is 1.55. The topological polar surface area (TPSA) is 29.5 Å². The molecule has 3 heteroatoms. The predicted octanol–water partition coefficient (Wildman–Crippen LogP) is 4.14. The van der Waals surface area contributed by atoms with Crippen LogP contribution in [0, 0.1) is 3.57 Å². The van der Waals surface area contributed by atoms with Crippen molar-refractivity contribution in [3.63, 3.8) is 0 Å². The van der Waals surface area contributed by atoms with Crippen LogP contribution in [-0.2, 0) is 0 Å². The number of para-hydroxylation sites is 1. The van der Waals surface area contributed by atoms with Crippen LogP contribution in [0.4, 0.5) is 0 Å². The van der Waals surface area contributed by atoms with E-state index < -0.39 is 6.10 Å². The van der Waals surface area contributed by atoms with Crippen molar-refractivity contribution in [3.05, 3.63) is 57.7 Å². The Morgan fingerprint density at radius 3 is 2.35 bits per heavy atom. The standard InChI is InChI=1S/C14H13IO2/c1-10(16)13-4-2-3-5-14(13)17-12-8-6-11(15)7-9-12/h2-10,16H,1H3/t10-/m1/s1. The van der Waals surface area contributed by atoms with Gasteiger partial charge in [-0.2, -0.15) is 0 Å². The Kier molecular flexibility index (Phi) is 4.02. The van der Waals surface area contributed by atoms with E-state index in [2.05, 4.69) is 22.6 Å². The highest BCUT2D eigenvalue weighted by molar-refractivity contribution is 14.1. The van der Waals surface area contributed by atoms with Gasteiger partial charge in [0, 0.05) is 9.13 Å². The smallest absolute Gasteiger partial charge is 0.133 e. The third-order valence-electron chi connectivity index (χ3n) is 2.41. The molecular weight excluding hydrogens is 327 g/mol. The molecule has 17 heavy (non-hydrogen) atoms. The van der Waals surface area contributed by atoms with E-state index in [0.717, 1.165) is 11.3 Å². The van der Waals surface area contributed by atoms with Gasteiger partial charge in [0.2, 0.25) is 0 Å². The Morgan fingerprint density at radius 1 is 1.06 bits per heavy atom. The Balaban J connectivity index is 2.26. The zero-order valence-electron chi connectivity index (χ0n) is 9.43. The minimum absolute atomic E-state index is 0.532. The summed E-state index contributed by atoms with van der Waals surface area (Å²) in [5.41, 5.74) is 0.797. The second-order valence-corrected chi connectivity index (χ2v) is 5.02. The molecule has 2 nitrogen and oxygen atoms in total. The first-order chi connectivity index (χ1) is 8.16. The van der Waals surface area contributed by atoms with Crippen LogP contribution < -0.4 is 4.74 Å². The van der Waals surface area contributed by atoms with E-state index in [4.69, 9.17) is 4.74 Å². The summed E-state index contributed by atoms with van der Waals surface area (Å²) in [7, 11) is 0. The minimum Gasteiger partial charge on any atom is -0.457 e. The van der Waals surface area contributed by atoms with Crippen molar-refractivity contribution in [1.82, 2.24) is 0 Å². The second kappa shape index (κ2) is 5.51. The maximum atomic E-state index is 9.65. The molecule has 0 bridgehead atoms. The minimum atomic E-state index is -0.532. The number of ether oxygens (including phenoxy) is 1. The molecule has 1 N–H and O–H groups in total. The molecule has 0 fully saturated rings. The molecule has 0 amide bonds. The highest BCUT2D eigenvalue weighted by Crippen LogP contribution is 2.29. The van der Waals surface area contributed by atoms with Crippen molar-refractivity contribution in [2.24, 2.45) is 0 Å². The van der Waals surface area contributed by atoms with Crippen LogP contribution in [0.15, 0.2) is 48.5 Å². The van der Waals surface area contributed by atoms with E-state index in [1.807, 2.05) is 48.5 Å². The number of aliphatic hydroxyl groups is 1. The van der Waals surface area contributed by atoms with Gasteiger partial charge in [-0.15, -0.1) is 0 Å². The lowest BCUT2D eigenvalue weighted by Gasteiger charge is -2.12. The van der Waals surface area contributed by atoms with E-state index in [1.165, 1.54) is 3.57 Å². The van der Waals surface area contributed by atoms with Gasteiger partial charge in [0.1, 0.15) is 11.5 Å². The largest absolute Gasteiger partial charge is 0.457 e. The Morgan fingerprint density at radius 2 is 1.71 bits per heavy atom. The van der Waals surface area contributed by atoms with Crippen LogP contribution in [0.1, 0.15) is 18.6 Å². The van der Waals surface area contributed by atoms with Crippen molar-refractivity contribution in [2.75, 3.05) is 0 Å². The molecule has 2 rings (SSSR count). The summed E-state index contributed by atoms with van der Waals surface area (Å²) in [6.07, 6.45) is -0.532. The van der Waals surface area contributed by atoms with E-state index in [9.17, 15) is 5.11 Å². The van der Waals surface area contributed by atoms with Gasteiger partial charge in [-0.1, -0.05) is 18.2 Å². The van der Waals surface area contributed by atoms with E-state index in [0.29, 0.717) is 5.75 Å². The summed E-state index contributed by atoms with van der Waals surface area (Å²) in [5.74, 6) is 1.47. The number of halogens is 1. The molecule has 0 saturated heterocycles. The van der Waals surface area contributed by atoms with Gasteiger partial charge in [-0.05, 0) is 59.8 Å². The highest BCUT2D eigenvalue weighted by atomic mass is 127. The molecule has 0 aliphatic rings. The third kappa shape index (κ3) is 3.20. The molecule has 1 atom stereocenters. The van der Waals surface area contributed by atoms with Gasteiger partial charge in [0.15, 0.2) is 0 Å². The normalized spacial score (nSPS) is 12.2. The molecular formula is C14H13IO2. The van der Waals surface area contributed by atoms with Crippen LogP contribution in [0.2, 0.25) is 0 Å². The van der Waals surface area contributed by atoms with Gasteiger partial charge >= 0.3 is 0 Å². The van der Waals surface area contributed by atoms with Crippen LogP contribution in [0.5, 0.6) is 11.5 Å². The lowest BCUT2D eigenvalue weighted by atomic mass is 10.1. The van der Waals surface area contributed by atoms with Crippen molar-refractivity contribution >= 4 is 22.6 Å². The second-order valence-electron chi connectivity index (χ2n) is 3.77. The zero-order chi connectivity index (χ0) is 12.3. The average molecular weight is 340 g/mol. The van der Waals surface area contributed by atoms with Gasteiger partial charge in [-0.3, -0.25) is 0 Å². The van der Waals surface area contributed by atoms with Crippen LogP contribution in [0.3, 0.4) is 0 Å². The molecule has 0 saturated carbocycles. The molecule has 2 aromatic carbocycles. The molecule has 0 radical (unpaired) electrons. The quantitative estimate of drug-likeness (QED) is 0.851. The first-order valence-corrected chi connectivity index (χ1v) is 6.45. The molecule has 88 valence electrons. The summed E-state index contributed by atoms with van der Waals surface area (Å²) >= 11 is 2.25. The predicted molar refractivity (Wildman–Crippen MR) is 76.3 cm³/mol. The summed E-state index contributed by atoms with van der Waals surface area (Å²) in [5, 5.41) is 9.65. The average Bonchev–Trinajstić information content (AvgIpc) is 2.32. The van der Waals surface area contributed by atoms with Crippen LogP contribution in [-0.4, -0.2) is 5.11 Å². The van der Waals surface area contributed by atoms with Crippen molar-refractivity contribution in [3.8, 4) is 11.5 Å². The lowest BCUT2D eigenvalue weighted by Crippen LogP contribution is -1.95. The first-order valence-electron chi connectivity index (χ1n) is 5.37. The number of hydrogen-bond donors (Lipinski definition) is 1. The van der Waals surface area contributed by atoms with Crippen LogP contribution >= 0.6 is 22.6 Å². The van der Waals surface area contributed by atoms with Crippen LogP contribution in [0.25, 0.3) is 0 Å².